The minimum absolute atomic E-state index is 0.142. The number of carboxylic acid groups (broad SMARTS) is 1. The van der Waals surface area contributed by atoms with E-state index < -0.39 is 21.9 Å². The van der Waals surface area contributed by atoms with E-state index in [-0.39, 0.29) is 23.4 Å². The van der Waals surface area contributed by atoms with Crippen molar-refractivity contribution in [1.29, 1.82) is 0 Å². The Labute approximate surface area is 275 Å². The van der Waals surface area contributed by atoms with Crippen LogP contribution >= 0.6 is 11.6 Å². The van der Waals surface area contributed by atoms with Crippen LogP contribution in [0.15, 0.2) is 79.1 Å². The molecule has 0 aliphatic carbocycles. The van der Waals surface area contributed by atoms with Gasteiger partial charge in [-0.15, -0.1) is 0 Å². The second-order valence-electron chi connectivity index (χ2n) is 11.2. The van der Waals surface area contributed by atoms with Crippen molar-refractivity contribution < 1.29 is 27.4 Å². The van der Waals surface area contributed by atoms with Crippen molar-refractivity contribution in [2.75, 3.05) is 23.1 Å². The van der Waals surface area contributed by atoms with Crippen molar-refractivity contribution in [2.24, 2.45) is 0 Å². The second-order valence-corrected chi connectivity index (χ2v) is 13.3. The summed E-state index contributed by atoms with van der Waals surface area (Å²) in [5, 5.41) is 13.9. The number of aromatic nitrogens is 3. The molecule has 242 valence electrons. The molecule has 1 fully saturated rings. The first kappa shape index (κ1) is 32.0. The zero-order chi connectivity index (χ0) is 33.1. The highest BCUT2D eigenvalue weighted by Crippen LogP contribution is 2.40. The normalized spacial score (nSPS) is 15.0. The Balaban J connectivity index is 1.30. The number of hydrogen-bond donors (Lipinski definition) is 3. The molecule has 47 heavy (non-hydrogen) atoms. The Kier molecular flexibility index (Phi) is 9.10. The topological polar surface area (TPSA) is 147 Å². The Bertz CT molecular complexity index is 2070. The average Bonchev–Trinajstić information content (AvgIpc) is 3.05. The van der Waals surface area contributed by atoms with Crippen LogP contribution in [0.5, 0.6) is 11.6 Å². The molecule has 0 radical (unpaired) electrons. The lowest BCUT2D eigenvalue weighted by Gasteiger charge is -2.31. The molecule has 0 saturated carbocycles. The van der Waals surface area contributed by atoms with Crippen LogP contribution in [0.1, 0.15) is 24.0 Å². The molecule has 0 spiro atoms. The third kappa shape index (κ3) is 7.36. The van der Waals surface area contributed by atoms with E-state index in [2.05, 4.69) is 25.0 Å². The summed E-state index contributed by atoms with van der Waals surface area (Å²) < 4.78 is 50.2. The number of amides is 1. The van der Waals surface area contributed by atoms with Crippen LogP contribution in [-0.4, -0.2) is 58.6 Å². The maximum Gasteiger partial charge on any atom is 0.407 e. The first-order valence-electron chi connectivity index (χ1n) is 14.7. The van der Waals surface area contributed by atoms with E-state index in [1.165, 1.54) is 17.0 Å². The number of aryl methyl sites for hydroxylation is 1. The molecule has 6 rings (SSSR count). The van der Waals surface area contributed by atoms with E-state index in [1.807, 2.05) is 6.92 Å². The summed E-state index contributed by atoms with van der Waals surface area (Å²) >= 11 is 5.93. The van der Waals surface area contributed by atoms with Crippen LogP contribution in [-0.2, 0) is 15.8 Å². The molecule has 2 aromatic heterocycles. The zero-order valence-electron chi connectivity index (χ0n) is 25.2. The first-order chi connectivity index (χ1) is 22.6. The Hall–Kier alpha value is -5.01. The van der Waals surface area contributed by atoms with Crippen molar-refractivity contribution in [1.82, 2.24) is 19.9 Å². The van der Waals surface area contributed by atoms with E-state index in [1.54, 1.807) is 67.0 Å². The number of ether oxygens (including phenoxy) is 1. The lowest BCUT2D eigenvalue weighted by atomic mass is 10.0. The lowest BCUT2D eigenvalue weighted by Crippen LogP contribution is -2.44. The van der Waals surface area contributed by atoms with E-state index in [4.69, 9.17) is 16.3 Å². The second kappa shape index (κ2) is 13.4. The lowest BCUT2D eigenvalue weighted by molar-refractivity contribution is 0.132. The minimum Gasteiger partial charge on any atom is -0.465 e. The maximum absolute atomic E-state index is 15.2. The number of sulfonamides is 1. The smallest absolute Gasteiger partial charge is 0.407 e. The number of nitrogens with zero attached hydrogens (tertiary/aromatic N) is 4. The van der Waals surface area contributed by atoms with Crippen molar-refractivity contribution in [3.8, 4) is 22.9 Å². The van der Waals surface area contributed by atoms with Gasteiger partial charge >= 0.3 is 6.09 Å². The van der Waals surface area contributed by atoms with E-state index in [9.17, 15) is 18.3 Å². The molecule has 3 aromatic carbocycles. The van der Waals surface area contributed by atoms with E-state index >= 15 is 4.39 Å². The fraction of sp³-hybridized carbons (Fsp3) is 0.212. The molecule has 1 atom stereocenters. The number of anilines is 2. The van der Waals surface area contributed by atoms with Crippen molar-refractivity contribution in [3.05, 3.63) is 101 Å². The predicted molar refractivity (Wildman–Crippen MR) is 178 cm³/mol. The Morgan fingerprint density at radius 3 is 2.64 bits per heavy atom. The molecule has 1 unspecified atom stereocenters. The number of fused-ring (bicyclic) bond motifs is 1. The van der Waals surface area contributed by atoms with Crippen molar-refractivity contribution >= 4 is 50.1 Å². The number of nitrogens with one attached hydrogen (secondary N) is 2. The summed E-state index contributed by atoms with van der Waals surface area (Å²) in [6.45, 7) is 2.63. The van der Waals surface area contributed by atoms with Gasteiger partial charge < -0.3 is 20.1 Å². The fourth-order valence-corrected chi connectivity index (χ4v) is 6.83. The van der Waals surface area contributed by atoms with Gasteiger partial charge in [0.25, 0.3) is 0 Å². The van der Waals surface area contributed by atoms with Gasteiger partial charge in [0.05, 0.1) is 22.7 Å². The van der Waals surface area contributed by atoms with Gasteiger partial charge in [0, 0.05) is 47.3 Å². The summed E-state index contributed by atoms with van der Waals surface area (Å²) in [6, 6.07) is 17.5. The molecular formula is C33H30ClFN6O5S. The molecular weight excluding hydrogens is 647 g/mol. The molecule has 1 aliphatic rings. The molecule has 0 bridgehead atoms. The van der Waals surface area contributed by atoms with Crippen LogP contribution in [0.2, 0.25) is 5.02 Å². The highest BCUT2D eigenvalue weighted by molar-refractivity contribution is 7.91. The molecule has 1 amide bonds. The van der Waals surface area contributed by atoms with Gasteiger partial charge in [-0.3, -0.25) is 4.72 Å². The van der Waals surface area contributed by atoms with Crippen LogP contribution in [0.25, 0.3) is 22.0 Å². The molecule has 5 aromatic rings. The number of piperidine rings is 1. The van der Waals surface area contributed by atoms with E-state index in [0.717, 1.165) is 12.8 Å². The quantitative estimate of drug-likeness (QED) is 0.149. The highest BCUT2D eigenvalue weighted by atomic mass is 35.5. The molecule has 14 heteroatoms. The number of benzene rings is 3. The zero-order valence-corrected chi connectivity index (χ0v) is 26.7. The monoisotopic (exact) mass is 676 g/mol. The van der Waals surface area contributed by atoms with Crippen LogP contribution in [0.3, 0.4) is 0 Å². The van der Waals surface area contributed by atoms with Gasteiger partial charge in [-0.2, -0.15) is 0 Å². The Morgan fingerprint density at radius 1 is 1.06 bits per heavy atom. The van der Waals surface area contributed by atoms with Crippen LogP contribution < -0.4 is 14.8 Å². The van der Waals surface area contributed by atoms with Crippen molar-refractivity contribution in [2.45, 2.75) is 31.6 Å². The van der Waals surface area contributed by atoms with Crippen LogP contribution in [0.4, 0.5) is 20.8 Å². The number of pyridine rings is 1. The first-order valence-corrected chi connectivity index (χ1v) is 16.8. The SMILES string of the molecule is Cc1ccc2c(NS(=O)(=O)Cc3ccc(Cl)cc3)c(F)ccc2c1Oc1ncccc1-c1ccnc(NC2CCCN(C(=O)O)C2)n1. The van der Waals surface area contributed by atoms with Crippen LogP contribution in [0, 0.1) is 12.7 Å². The molecule has 1 aliphatic heterocycles. The highest BCUT2D eigenvalue weighted by Gasteiger charge is 2.24. The summed E-state index contributed by atoms with van der Waals surface area (Å²) in [5.74, 6) is -0.195. The number of hydrogen-bond acceptors (Lipinski definition) is 8. The average molecular weight is 677 g/mol. The summed E-state index contributed by atoms with van der Waals surface area (Å²) in [5.41, 5.74) is 2.07. The summed E-state index contributed by atoms with van der Waals surface area (Å²) in [7, 11) is -4.00. The number of carbonyl (C=O) groups is 1. The van der Waals surface area contributed by atoms with Gasteiger partial charge in [0.15, 0.2) is 0 Å². The minimum atomic E-state index is -4.00. The molecule has 1 saturated heterocycles. The fourth-order valence-electron chi connectivity index (χ4n) is 5.48. The summed E-state index contributed by atoms with van der Waals surface area (Å²) in [6.07, 6.45) is 3.70. The van der Waals surface area contributed by atoms with E-state index in [0.29, 0.717) is 63.0 Å². The molecule has 3 N–H and O–H groups in total. The van der Waals surface area contributed by atoms with Crippen molar-refractivity contribution in [3.63, 3.8) is 0 Å². The summed E-state index contributed by atoms with van der Waals surface area (Å²) in [4.78, 5) is 26.3. The molecule has 3 heterocycles. The third-order valence-corrected chi connectivity index (χ3v) is 9.23. The predicted octanol–water partition coefficient (Wildman–Crippen LogP) is 7.08. The largest absolute Gasteiger partial charge is 0.465 e. The van der Waals surface area contributed by atoms with Gasteiger partial charge in [0.2, 0.25) is 21.9 Å². The number of halogens is 2. The van der Waals surface area contributed by atoms with Gasteiger partial charge in [-0.25, -0.2) is 32.6 Å². The van der Waals surface area contributed by atoms with Gasteiger partial charge in [-0.05, 0) is 73.4 Å². The van der Waals surface area contributed by atoms with Gasteiger partial charge in [0.1, 0.15) is 11.6 Å². The number of likely N-dealkylation sites (tertiary alicyclic amines) is 1. The molecule has 11 nitrogen and oxygen atoms in total. The Morgan fingerprint density at radius 2 is 1.85 bits per heavy atom. The third-order valence-electron chi connectivity index (χ3n) is 7.75. The number of rotatable bonds is 9. The van der Waals surface area contributed by atoms with Gasteiger partial charge in [-0.1, -0.05) is 35.9 Å². The maximum atomic E-state index is 15.2. The standard InChI is InChI=1S/C33H30ClFN6O5S/c1-20-6-11-24-25(12-13-27(35)29(24)40-47(44,45)19-21-7-9-22(34)10-8-21)30(20)46-31-26(5-2-15-36-31)28-14-16-37-32(39-28)38-23-4-3-17-41(18-23)33(42)43/h2,5-16,23,40H,3-4,17-19H2,1H3,(H,42,43)(H,37,38,39).